The summed E-state index contributed by atoms with van der Waals surface area (Å²) in [4.78, 5) is 11.7. The third-order valence-corrected chi connectivity index (χ3v) is 2.65. The average Bonchev–Trinajstić information content (AvgIpc) is 2.29. The van der Waals surface area contributed by atoms with Gasteiger partial charge in [-0.1, -0.05) is 11.6 Å². The minimum atomic E-state index is -0.432. The second kappa shape index (κ2) is 5.48. The van der Waals surface area contributed by atoms with Gasteiger partial charge in [0.2, 0.25) is 0 Å². The summed E-state index contributed by atoms with van der Waals surface area (Å²) in [5.74, 6) is 0. The van der Waals surface area contributed by atoms with Gasteiger partial charge in [0.15, 0.2) is 0 Å². The van der Waals surface area contributed by atoms with Gasteiger partial charge < -0.3 is 16.2 Å². The van der Waals surface area contributed by atoms with Crippen molar-refractivity contribution >= 4 is 17.3 Å². The first-order valence-electron chi connectivity index (χ1n) is 5.26. The van der Waals surface area contributed by atoms with Crippen LogP contribution >= 0.6 is 11.6 Å². The van der Waals surface area contributed by atoms with Crippen LogP contribution in [-0.4, -0.2) is 33.6 Å². The normalized spacial score (nSPS) is 11.6. The van der Waals surface area contributed by atoms with Crippen LogP contribution in [0.4, 0.5) is 5.69 Å². The van der Waals surface area contributed by atoms with Gasteiger partial charge in [0.05, 0.1) is 25.0 Å². The van der Waals surface area contributed by atoms with Crippen molar-refractivity contribution < 1.29 is 5.11 Å². The molecule has 1 heterocycles. The molecule has 6 nitrogen and oxygen atoms in total. The van der Waals surface area contributed by atoms with E-state index in [2.05, 4.69) is 10.4 Å². The first-order valence-corrected chi connectivity index (χ1v) is 5.64. The average molecular weight is 261 g/mol. The Bertz CT molecular complexity index is 444. The van der Waals surface area contributed by atoms with Crippen LogP contribution in [0.3, 0.4) is 0 Å². The summed E-state index contributed by atoms with van der Waals surface area (Å²) >= 11 is 5.94. The largest absolute Gasteiger partial charge is 0.394 e. The molecule has 0 saturated carbocycles. The molecule has 0 aliphatic carbocycles. The molecule has 7 heteroatoms. The molecule has 0 spiro atoms. The Balaban J connectivity index is 3.05. The molecule has 0 atom stereocenters. The molecule has 0 amide bonds. The Morgan fingerprint density at radius 3 is 2.82 bits per heavy atom. The minimum absolute atomic E-state index is 0.0509. The molecule has 0 unspecified atom stereocenters. The summed E-state index contributed by atoms with van der Waals surface area (Å²) in [5, 5.41) is 15.8. The van der Waals surface area contributed by atoms with E-state index in [1.54, 1.807) is 0 Å². The molecule has 0 radical (unpaired) electrons. The van der Waals surface area contributed by atoms with E-state index in [0.717, 1.165) is 4.68 Å². The van der Waals surface area contributed by atoms with Crippen LogP contribution in [0.15, 0.2) is 11.0 Å². The van der Waals surface area contributed by atoms with Crippen LogP contribution in [0.1, 0.15) is 13.8 Å². The number of nitrogens with one attached hydrogen (secondary N) is 1. The molecular formula is C10H17ClN4O2. The lowest BCUT2D eigenvalue weighted by Gasteiger charge is -2.25. The zero-order valence-electron chi connectivity index (χ0n) is 9.90. The van der Waals surface area contributed by atoms with E-state index < -0.39 is 5.56 Å². The minimum Gasteiger partial charge on any atom is -0.394 e. The number of nitrogens with zero attached hydrogens (tertiary/aromatic N) is 2. The van der Waals surface area contributed by atoms with Crippen molar-refractivity contribution in [2.24, 2.45) is 5.73 Å². The van der Waals surface area contributed by atoms with Gasteiger partial charge in [-0.25, -0.2) is 4.68 Å². The highest BCUT2D eigenvalue weighted by atomic mass is 35.5. The van der Waals surface area contributed by atoms with Crippen molar-refractivity contribution in [1.82, 2.24) is 9.78 Å². The summed E-state index contributed by atoms with van der Waals surface area (Å²) in [6.07, 6.45) is 1.46. The smallest absolute Gasteiger partial charge is 0.287 e. The molecule has 1 rings (SSSR count). The van der Waals surface area contributed by atoms with E-state index in [4.69, 9.17) is 22.4 Å². The Kier molecular flexibility index (Phi) is 4.50. The van der Waals surface area contributed by atoms with Crippen molar-refractivity contribution in [2.45, 2.75) is 25.9 Å². The van der Waals surface area contributed by atoms with Crippen LogP contribution in [0.2, 0.25) is 5.02 Å². The molecule has 4 N–H and O–H groups in total. The fraction of sp³-hybridized carbons (Fsp3) is 0.600. The first kappa shape index (κ1) is 14.0. The van der Waals surface area contributed by atoms with Crippen molar-refractivity contribution in [3.05, 3.63) is 21.6 Å². The highest BCUT2D eigenvalue weighted by Gasteiger charge is 2.18. The molecule has 96 valence electrons. The molecule has 0 aliphatic rings. The number of anilines is 1. The molecule has 0 aliphatic heterocycles. The molecule has 0 aromatic carbocycles. The molecule has 17 heavy (non-hydrogen) atoms. The van der Waals surface area contributed by atoms with E-state index >= 15 is 0 Å². The van der Waals surface area contributed by atoms with Gasteiger partial charge in [-0.05, 0) is 13.8 Å². The number of hydrogen-bond acceptors (Lipinski definition) is 5. The third kappa shape index (κ3) is 3.42. The van der Waals surface area contributed by atoms with Gasteiger partial charge in [-0.15, -0.1) is 0 Å². The molecule has 1 aromatic rings. The van der Waals surface area contributed by atoms with E-state index in [9.17, 15) is 4.79 Å². The van der Waals surface area contributed by atoms with Crippen LogP contribution in [0, 0.1) is 0 Å². The zero-order chi connectivity index (χ0) is 13.1. The van der Waals surface area contributed by atoms with Gasteiger partial charge in [-0.2, -0.15) is 5.10 Å². The van der Waals surface area contributed by atoms with Crippen molar-refractivity contribution in [2.75, 3.05) is 18.5 Å². The predicted molar refractivity (Wildman–Crippen MR) is 67.3 cm³/mol. The van der Waals surface area contributed by atoms with Crippen molar-refractivity contribution in [3.8, 4) is 0 Å². The third-order valence-electron chi connectivity index (χ3n) is 2.28. The lowest BCUT2D eigenvalue weighted by molar-refractivity contribution is 0.266. The fourth-order valence-electron chi connectivity index (χ4n) is 1.22. The monoisotopic (exact) mass is 260 g/mol. The maximum Gasteiger partial charge on any atom is 0.287 e. The van der Waals surface area contributed by atoms with E-state index in [0.29, 0.717) is 12.2 Å². The van der Waals surface area contributed by atoms with Crippen LogP contribution in [-0.2, 0) is 6.54 Å². The first-order chi connectivity index (χ1) is 7.91. The van der Waals surface area contributed by atoms with E-state index in [-0.39, 0.29) is 23.7 Å². The zero-order valence-corrected chi connectivity index (χ0v) is 10.7. The van der Waals surface area contributed by atoms with Gasteiger partial charge in [-0.3, -0.25) is 4.79 Å². The summed E-state index contributed by atoms with van der Waals surface area (Å²) in [5.41, 5.74) is 5.22. The van der Waals surface area contributed by atoms with Gasteiger partial charge in [0.25, 0.3) is 5.56 Å². The van der Waals surface area contributed by atoms with Gasteiger partial charge in [0, 0.05) is 12.1 Å². The number of rotatable bonds is 5. The Hall–Kier alpha value is -1.11. The summed E-state index contributed by atoms with van der Waals surface area (Å²) < 4.78 is 1.11. The number of nitrogens with two attached hydrogens (primary N) is 1. The highest BCUT2D eigenvalue weighted by Crippen LogP contribution is 2.19. The Morgan fingerprint density at radius 1 is 1.65 bits per heavy atom. The lowest BCUT2D eigenvalue weighted by Crippen LogP contribution is -2.40. The van der Waals surface area contributed by atoms with Crippen LogP contribution in [0.5, 0.6) is 0 Å². The second-order valence-electron chi connectivity index (χ2n) is 4.34. The molecule has 1 aromatic heterocycles. The van der Waals surface area contributed by atoms with Gasteiger partial charge in [0.1, 0.15) is 5.02 Å². The second-order valence-corrected chi connectivity index (χ2v) is 4.72. The number of hydrogen-bond donors (Lipinski definition) is 3. The summed E-state index contributed by atoms with van der Waals surface area (Å²) in [7, 11) is 0. The topological polar surface area (TPSA) is 93.2 Å². The quantitative estimate of drug-likeness (QED) is 0.695. The molecular weight excluding hydrogens is 244 g/mol. The molecule has 0 fully saturated rings. The Morgan fingerprint density at radius 2 is 2.29 bits per heavy atom. The Labute approximate surface area is 104 Å². The summed E-state index contributed by atoms with van der Waals surface area (Å²) in [6, 6.07) is 0. The molecule has 0 saturated heterocycles. The standard InChI is InChI=1S/C10H17ClN4O2/c1-10(2,6-12)14-7-5-13-15(3-4-16)9(17)8(7)11/h5,14,16H,3-4,6,12H2,1-2H3. The summed E-state index contributed by atoms with van der Waals surface area (Å²) in [6.45, 7) is 4.14. The number of aliphatic hydroxyl groups is 1. The lowest BCUT2D eigenvalue weighted by atomic mass is 10.1. The highest BCUT2D eigenvalue weighted by molar-refractivity contribution is 6.32. The maximum absolute atomic E-state index is 11.7. The molecule has 0 bridgehead atoms. The van der Waals surface area contributed by atoms with Gasteiger partial charge >= 0.3 is 0 Å². The van der Waals surface area contributed by atoms with E-state index in [1.165, 1.54) is 6.20 Å². The number of halogens is 1. The fourth-order valence-corrected chi connectivity index (χ4v) is 1.42. The number of aliphatic hydroxyl groups excluding tert-OH is 1. The predicted octanol–water partition coefficient (Wildman–Crippen LogP) is 0.0382. The number of aromatic nitrogens is 2. The van der Waals surface area contributed by atoms with Crippen molar-refractivity contribution in [1.29, 1.82) is 0 Å². The van der Waals surface area contributed by atoms with E-state index in [1.807, 2.05) is 13.8 Å². The maximum atomic E-state index is 11.7. The van der Waals surface area contributed by atoms with Crippen LogP contribution < -0.4 is 16.6 Å². The van der Waals surface area contributed by atoms with Crippen LogP contribution in [0.25, 0.3) is 0 Å². The van der Waals surface area contributed by atoms with Crippen molar-refractivity contribution in [3.63, 3.8) is 0 Å². The SMILES string of the molecule is CC(C)(CN)Nc1cnn(CCO)c(=O)c1Cl.